The molecule has 108 valence electrons. The van der Waals surface area contributed by atoms with Gasteiger partial charge < -0.3 is 9.80 Å². The highest BCUT2D eigenvalue weighted by atomic mass is 15.3. The van der Waals surface area contributed by atoms with Crippen molar-refractivity contribution in [1.82, 2.24) is 15.0 Å². The summed E-state index contributed by atoms with van der Waals surface area (Å²) in [6.07, 6.45) is 5.42. The van der Waals surface area contributed by atoms with Crippen LogP contribution in [-0.4, -0.2) is 41.1 Å². The lowest BCUT2D eigenvalue weighted by Gasteiger charge is -2.23. The van der Waals surface area contributed by atoms with Gasteiger partial charge in [0, 0.05) is 67.9 Å². The zero-order valence-electron chi connectivity index (χ0n) is 12.2. The Hall–Kier alpha value is -2.17. The van der Waals surface area contributed by atoms with Crippen LogP contribution in [0.2, 0.25) is 0 Å². The molecule has 5 heteroatoms. The fourth-order valence-corrected chi connectivity index (χ4v) is 3.56. The van der Waals surface area contributed by atoms with Crippen LogP contribution in [0.25, 0.3) is 0 Å². The first-order chi connectivity index (χ1) is 10.3. The van der Waals surface area contributed by atoms with Gasteiger partial charge in [-0.2, -0.15) is 0 Å². The SMILES string of the molecule is Cc1cc(N2CC3CN(c4ccncc4)CC3C2)ncn1. The van der Waals surface area contributed by atoms with Crippen LogP contribution >= 0.6 is 0 Å². The number of hydrogen-bond donors (Lipinski definition) is 0. The maximum atomic E-state index is 4.42. The largest absolute Gasteiger partial charge is 0.371 e. The van der Waals surface area contributed by atoms with Crippen molar-refractivity contribution in [2.24, 2.45) is 11.8 Å². The minimum Gasteiger partial charge on any atom is -0.371 e. The molecule has 0 N–H and O–H groups in total. The van der Waals surface area contributed by atoms with Gasteiger partial charge in [0.15, 0.2) is 0 Å². The van der Waals surface area contributed by atoms with E-state index in [1.54, 1.807) is 6.33 Å². The van der Waals surface area contributed by atoms with Gasteiger partial charge in [0.1, 0.15) is 12.1 Å². The van der Waals surface area contributed by atoms with Crippen molar-refractivity contribution in [3.8, 4) is 0 Å². The van der Waals surface area contributed by atoms with Crippen LogP contribution in [0, 0.1) is 18.8 Å². The predicted octanol–water partition coefficient (Wildman–Crippen LogP) is 1.75. The molecule has 0 bridgehead atoms. The molecular weight excluding hydrogens is 262 g/mol. The van der Waals surface area contributed by atoms with Gasteiger partial charge in [-0.05, 0) is 19.1 Å². The summed E-state index contributed by atoms with van der Waals surface area (Å²) in [6.45, 7) is 6.49. The Morgan fingerprint density at radius 2 is 1.62 bits per heavy atom. The first-order valence-corrected chi connectivity index (χ1v) is 7.48. The quantitative estimate of drug-likeness (QED) is 0.839. The predicted molar refractivity (Wildman–Crippen MR) is 82.4 cm³/mol. The average molecular weight is 281 g/mol. The van der Waals surface area contributed by atoms with Crippen molar-refractivity contribution in [3.05, 3.63) is 42.6 Å². The summed E-state index contributed by atoms with van der Waals surface area (Å²) >= 11 is 0. The third-order valence-electron chi connectivity index (χ3n) is 4.63. The van der Waals surface area contributed by atoms with E-state index in [-0.39, 0.29) is 0 Å². The minimum absolute atomic E-state index is 0.730. The van der Waals surface area contributed by atoms with E-state index in [9.17, 15) is 0 Å². The van der Waals surface area contributed by atoms with E-state index in [1.165, 1.54) is 5.69 Å². The Morgan fingerprint density at radius 1 is 0.952 bits per heavy atom. The van der Waals surface area contributed by atoms with Crippen LogP contribution in [0.15, 0.2) is 36.9 Å². The smallest absolute Gasteiger partial charge is 0.132 e. The Kier molecular flexibility index (Phi) is 2.98. The molecule has 0 aromatic carbocycles. The second-order valence-electron chi connectivity index (χ2n) is 6.05. The molecule has 2 atom stereocenters. The maximum absolute atomic E-state index is 4.42. The van der Waals surface area contributed by atoms with E-state index in [0.717, 1.165) is 49.5 Å². The standard InChI is InChI=1S/C16H19N5/c1-12-6-16(19-11-18-12)21-9-13-7-20(8-14(13)10-21)15-2-4-17-5-3-15/h2-6,11,13-14H,7-10H2,1H3. The molecule has 0 radical (unpaired) electrons. The molecule has 2 aromatic heterocycles. The highest BCUT2D eigenvalue weighted by Crippen LogP contribution is 2.35. The molecule has 0 saturated carbocycles. The Morgan fingerprint density at radius 3 is 2.29 bits per heavy atom. The Balaban J connectivity index is 1.46. The van der Waals surface area contributed by atoms with Gasteiger partial charge >= 0.3 is 0 Å². The number of aryl methyl sites for hydroxylation is 1. The lowest BCUT2D eigenvalue weighted by Crippen LogP contribution is -2.29. The lowest BCUT2D eigenvalue weighted by molar-refractivity contribution is 0.533. The number of rotatable bonds is 2. The molecule has 2 fully saturated rings. The van der Waals surface area contributed by atoms with Gasteiger partial charge in [0.2, 0.25) is 0 Å². The van der Waals surface area contributed by atoms with Crippen LogP contribution in [0.5, 0.6) is 0 Å². The summed E-state index contributed by atoms with van der Waals surface area (Å²) < 4.78 is 0. The second kappa shape index (κ2) is 4.98. The van der Waals surface area contributed by atoms with E-state index in [4.69, 9.17) is 0 Å². The van der Waals surface area contributed by atoms with Crippen LogP contribution in [-0.2, 0) is 0 Å². The third-order valence-corrected chi connectivity index (χ3v) is 4.63. The number of hydrogen-bond acceptors (Lipinski definition) is 5. The molecule has 4 rings (SSSR count). The Bertz CT molecular complexity index is 616. The first-order valence-electron chi connectivity index (χ1n) is 7.48. The van der Waals surface area contributed by atoms with E-state index in [2.05, 4.69) is 43.0 Å². The number of anilines is 2. The molecule has 2 unspecified atom stereocenters. The van der Waals surface area contributed by atoms with Crippen LogP contribution in [0.4, 0.5) is 11.5 Å². The summed E-state index contributed by atoms with van der Waals surface area (Å²) in [6, 6.07) is 6.29. The molecule has 2 aliphatic heterocycles. The molecule has 5 nitrogen and oxygen atoms in total. The molecule has 2 saturated heterocycles. The van der Waals surface area contributed by atoms with Crippen LogP contribution in [0.1, 0.15) is 5.69 Å². The molecule has 0 aliphatic carbocycles. The van der Waals surface area contributed by atoms with Gasteiger partial charge in [-0.1, -0.05) is 0 Å². The average Bonchev–Trinajstić information content (AvgIpc) is 3.07. The zero-order valence-corrected chi connectivity index (χ0v) is 12.2. The summed E-state index contributed by atoms with van der Waals surface area (Å²) in [7, 11) is 0. The molecule has 0 amide bonds. The highest BCUT2D eigenvalue weighted by Gasteiger charge is 2.40. The topological polar surface area (TPSA) is 45.2 Å². The summed E-state index contributed by atoms with van der Waals surface area (Å²) in [5.74, 6) is 2.54. The summed E-state index contributed by atoms with van der Waals surface area (Å²) in [4.78, 5) is 17.6. The minimum atomic E-state index is 0.730. The number of aromatic nitrogens is 3. The summed E-state index contributed by atoms with van der Waals surface area (Å²) in [5.41, 5.74) is 2.33. The molecule has 0 spiro atoms. The Labute approximate surface area is 124 Å². The van der Waals surface area contributed by atoms with Gasteiger partial charge in [-0.25, -0.2) is 9.97 Å². The van der Waals surface area contributed by atoms with Crippen molar-refractivity contribution >= 4 is 11.5 Å². The van der Waals surface area contributed by atoms with E-state index >= 15 is 0 Å². The van der Waals surface area contributed by atoms with E-state index in [0.29, 0.717) is 0 Å². The second-order valence-corrected chi connectivity index (χ2v) is 6.05. The zero-order chi connectivity index (χ0) is 14.2. The molecule has 2 aromatic rings. The molecular formula is C16H19N5. The van der Waals surface area contributed by atoms with Crippen LogP contribution < -0.4 is 9.80 Å². The monoisotopic (exact) mass is 281 g/mol. The van der Waals surface area contributed by atoms with Crippen molar-refractivity contribution in [1.29, 1.82) is 0 Å². The van der Waals surface area contributed by atoms with Crippen molar-refractivity contribution in [2.45, 2.75) is 6.92 Å². The van der Waals surface area contributed by atoms with Gasteiger partial charge in [-0.15, -0.1) is 0 Å². The fraction of sp³-hybridized carbons (Fsp3) is 0.438. The van der Waals surface area contributed by atoms with Crippen molar-refractivity contribution < 1.29 is 0 Å². The highest BCUT2D eigenvalue weighted by molar-refractivity contribution is 5.48. The molecule has 2 aliphatic rings. The van der Waals surface area contributed by atoms with Gasteiger partial charge in [-0.3, -0.25) is 4.98 Å². The van der Waals surface area contributed by atoms with E-state index in [1.807, 2.05) is 19.3 Å². The number of pyridine rings is 1. The first kappa shape index (κ1) is 12.6. The normalized spacial score (nSPS) is 24.4. The maximum Gasteiger partial charge on any atom is 0.132 e. The third kappa shape index (κ3) is 2.33. The van der Waals surface area contributed by atoms with Crippen molar-refractivity contribution in [3.63, 3.8) is 0 Å². The van der Waals surface area contributed by atoms with Crippen LogP contribution in [0.3, 0.4) is 0 Å². The molecule has 21 heavy (non-hydrogen) atoms. The fourth-order valence-electron chi connectivity index (χ4n) is 3.56. The summed E-state index contributed by atoms with van der Waals surface area (Å²) in [5, 5.41) is 0. The lowest BCUT2D eigenvalue weighted by atomic mass is 10.0. The molecule has 4 heterocycles. The van der Waals surface area contributed by atoms with Gasteiger partial charge in [0.25, 0.3) is 0 Å². The number of nitrogens with zero attached hydrogens (tertiary/aromatic N) is 5. The van der Waals surface area contributed by atoms with Gasteiger partial charge in [0.05, 0.1) is 0 Å². The number of fused-ring (bicyclic) bond motifs is 1. The van der Waals surface area contributed by atoms with Crippen molar-refractivity contribution in [2.75, 3.05) is 36.0 Å². The van der Waals surface area contributed by atoms with E-state index < -0.39 is 0 Å².